The van der Waals surface area contributed by atoms with Crippen LogP contribution in [0.25, 0.3) is 0 Å². The number of carbonyl (C=O) groups is 1. The first-order valence-electron chi connectivity index (χ1n) is 6.80. The first-order valence-corrected chi connectivity index (χ1v) is 8.17. The van der Waals surface area contributed by atoms with Crippen LogP contribution in [0.15, 0.2) is 0 Å². The number of nitrogens with zero attached hydrogens (tertiary/aromatic N) is 2. The number of fused-ring (bicyclic) bond motifs is 2. The second-order valence-electron chi connectivity index (χ2n) is 5.07. The minimum atomic E-state index is -4.76. The summed E-state index contributed by atoms with van der Waals surface area (Å²) >= 11 is 0. The standard InChI is InChI=1S/C11H19N3O7S/c1-19-5-2-6-20-10(12)9-4-3-8-7-13(9)11(15)14(8)21-22(16,17)18/h8-9,12H,2-7H2,1H3,(H,16,17,18)/t8-,9+/m1/s1. The van der Waals surface area contributed by atoms with Gasteiger partial charge in [-0.05, 0) is 12.8 Å². The van der Waals surface area contributed by atoms with Gasteiger partial charge < -0.3 is 14.4 Å². The van der Waals surface area contributed by atoms with Gasteiger partial charge in [0, 0.05) is 26.7 Å². The van der Waals surface area contributed by atoms with Gasteiger partial charge >= 0.3 is 16.4 Å². The predicted octanol–water partition coefficient (Wildman–Crippen LogP) is 0.0198. The molecule has 0 aromatic carbocycles. The van der Waals surface area contributed by atoms with Crippen molar-refractivity contribution in [3.05, 3.63) is 0 Å². The van der Waals surface area contributed by atoms with Gasteiger partial charge in [-0.2, -0.15) is 13.5 Å². The van der Waals surface area contributed by atoms with E-state index in [0.717, 1.165) is 0 Å². The second-order valence-corrected chi connectivity index (χ2v) is 6.07. The van der Waals surface area contributed by atoms with E-state index in [4.69, 9.17) is 19.4 Å². The average Bonchev–Trinajstić information content (AvgIpc) is 2.67. The molecule has 2 aliphatic rings. The zero-order chi connectivity index (χ0) is 16.3. The van der Waals surface area contributed by atoms with E-state index in [9.17, 15) is 13.2 Å². The van der Waals surface area contributed by atoms with Gasteiger partial charge in [-0.25, -0.2) is 4.79 Å². The molecule has 2 amide bonds. The maximum atomic E-state index is 12.1. The highest BCUT2D eigenvalue weighted by Gasteiger charge is 2.48. The Morgan fingerprint density at radius 3 is 2.77 bits per heavy atom. The number of carbonyl (C=O) groups excluding carboxylic acids is 1. The molecule has 2 fully saturated rings. The molecular formula is C11H19N3O7S. The van der Waals surface area contributed by atoms with Crippen LogP contribution in [0.2, 0.25) is 0 Å². The molecule has 0 radical (unpaired) electrons. The third kappa shape index (κ3) is 3.85. The van der Waals surface area contributed by atoms with Gasteiger partial charge in [-0.3, -0.25) is 9.96 Å². The first kappa shape index (κ1) is 16.9. The molecule has 2 aliphatic heterocycles. The number of urea groups is 1. The Morgan fingerprint density at radius 2 is 2.14 bits per heavy atom. The largest absolute Gasteiger partial charge is 0.480 e. The van der Waals surface area contributed by atoms with Gasteiger partial charge in [0.25, 0.3) is 0 Å². The maximum absolute atomic E-state index is 12.1. The number of hydrogen-bond acceptors (Lipinski definition) is 7. The SMILES string of the molecule is COCCCOC(=N)[C@@H]1CC[C@@H]2CN1C(=O)N2OS(=O)(=O)O. The third-order valence-electron chi connectivity index (χ3n) is 3.55. The Balaban J connectivity index is 1.95. The van der Waals surface area contributed by atoms with E-state index in [1.54, 1.807) is 7.11 Å². The van der Waals surface area contributed by atoms with Gasteiger partial charge in [0.05, 0.1) is 12.6 Å². The number of hydroxylamine groups is 2. The van der Waals surface area contributed by atoms with Crippen molar-refractivity contribution < 1.29 is 31.5 Å². The summed E-state index contributed by atoms with van der Waals surface area (Å²) in [5.41, 5.74) is 0. The van der Waals surface area contributed by atoms with E-state index in [1.165, 1.54) is 4.90 Å². The van der Waals surface area contributed by atoms with Crippen LogP contribution >= 0.6 is 0 Å². The molecule has 2 heterocycles. The lowest BCUT2D eigenvalue weighted by atomic mass is 10.0. The van der Waals surface area contributed by atoms with Crippen LogP contribution < -0.4 is 0 Å². The molecule has 0 aliphatic carbocycles. The Bertz CT molecular complexity index is 538. The molecule has 0 unspecified atom stereocenters. The van der Waals surface area contributed by atoms with Gasteiger partial charge in [-0.1, -0.05) is 0 Å². The fourth-order valence-electron chi connectivity index (χ4n) is 2.59. The Hall–Kier alpha value is -1.43. The molecule has 2 bridgehead atoms. The van der Waals surface area contributed by atoms with Crippen molar-refractivity contribution >= 4 is 22.3 Å². The number of ether oxygens (including phenoxy) is 2. The molecule has 11 heteroatoms. The van der Waals surface area contributed by atoms with Crippen molar-refractivity contribution in [1.82, 2.24) is 9.96 Å². The molecule has 0 aromatic heterocycles. The van der Waals surface area contributed by atoms with Crippen molar-refractivity contribution in [2.45, 2.75) is 31.3 Å². The molecule has 22 heavy (non-hydrogen) atoms. The van der Waals surface area contributed by atoms with E-state index in [0.29, 0.717) is 37.5 Å². The summed E-state index contributed by atoms with van der Waals surface area (Å²) in [7, 11) is -3.19. The summed E-state index contributed by atoms with van der Waals surface area (Å²) in [5.74, 6) is -0.0448. The molecule has 0 saturated carbocycles. The van der Waals surface area contributed by atoms with Crippen LogP contribution in [-0.2, 0) is 24.2 Å². The van der Waals surface area contributed by atoms with Gasteiger partial charge in [0.2, 0.25) is 5.90 Å². The number of methoxy groups -OCH3 is 1. The minimum absolute atomic E-state index is 0.0448. The monoisotopic (exact) mass is 337 g/mol. The first-order chi connectivity index (χ1) is 10.3. The van der Waals surface area contributed by atoms with Crippen molar-refractivity contribution in [1.29, 1.82) is 5.41 Å². The summed E-state index contributed by atoms with van der Waals surface area (Å²) in [6.07, 6.45) is 1.54. The average molecular weight is 337 g/mol. The molecule has 126 valence electrons. The summed E-state index contributed by atoms with van der Waals surface area (Å²) in [4.78, 5) is 13.5. The Morgan fingerprint density at radius 1 is 1.41 bits per heavy atom. The summed E-state index contributed by atoms with van der Waals surface area (Å²) in [6.45, 7) is 1.04. The maximum Gasteiger partial charge on any atom is 0.418 e. The molecule has 2 N–H and O–H groups in total. The molecule has 0 spiro atoms. The zero-order valence-electron chi connectivity index (χ0n) is 12.1. The van der Waals surface area contributed by atoms with E-state index in [1.807, 2.05) is 0 Å². The van der Waals surface area contributed by atoms with E-state index in [2.05, 4.69) is 4.28 Å². The van der Waals surface area contributed by atoms with Crippen molar-refractivity contribution in [3.8, 4) is 0 Å². The van der Waals surface area contributed by atoms with Crippen LogP contribution in [0.1, 0.15) is 19.3 Å². The van der Waals surface area contributed by atoms with Crippen molar-refractivity contribution in [2.24, 2.45) is 0 Å². The summed E-state index contributed by atoms with van der Waals surface area (Å²) < 4.78 is 44.8. The Labute approximate surface area is 128 Å². The number of rotatable bonds is 7. The van der Waals surface area contributed by atoms with Crippen LogP contribution in [0.3, 0.4) is 0 Å². The lowest BCUT2D eigenvalue weighted by Gasteiger charge is -2.30. The lowest BCUT2D eigenvalue weighted by Crippen LogP contribution is -2.45. The van der Waals surface area contributed by atoms with Crippen LogP contribution in [-0.4, -0.2) is 73.8 Å². The van der Waals surface area contributed by atoms with Crippen LogP contribution in [0, 0.1) is 5.41 Å². The summed E-state index contributed by atoms with van der Waals surface area (Å²) in [5, 5.41) is 8.57. The van der Waals surface area contributed by atoms with E-state index < -0.39 is 28.5 Å². The van der Waals surface area contributed by atoms with Gasteiger partial charge in [-0.15, -0.1) is 4.28 Å². The molecule has 10 nitrogen and oxygen atoms in total. The highest BCUT2D eigenvalue weighted by molar-refractivity contribution is 7.80. The minimum Gasteiger partial charge on any atom is -0.480 e. The zero-order valence-corrected chi connectivity index (χ0v) is 12.9. The fraction of sp³-hybridized carbons (Fsp3) is 0.818. The normalized spacial score (nSPS) is 24.7. The number of amides is 2. The van der Waals surface area contributed by atoms with E-state index >= 15 is 0 Å². The Kier molecular flexibility index (Phi) is 5.21. The topological polar surface area (TPSA) is 129 Å². The highest BCUT2D eigenvalue weighted by Crippen LogP contribution is 2.31. The molecule has 2 atom stereocenters. The molecule has 2 saturated heterocycles. The predicted molar refractivity (Wildman–Crippen MR) is 73.6 cm³/mol. The number of nitrogens with one attached hydrogen (secondary N) is 1. The highest BCUT2D eigenvalue weighted by atomic mass is 32.3. The molecule has 2 rings (SSSR count). The molecular weight excluding hydrogens is 318 g/mol. The number of piperidine rings is 1. The number of hydrogen-bond donors (Lipinski definition) is 2. The van der Waals surface area contributed by atoms with Crippen molar-refractivity contribution in [2.75, 3.05) is 26.9 Å². The van der Waals surface area contributed by atoms with Crippen LogP contribution in [0.4, 0.5) is 4.79 Å². The lowest BCUT2D eigenvalue weighted by molar-refractivity contribution is -0.0316. The van der Waals surface area contributed by atoms with Gasteiger partial charge in [0.1, 0.15) is 6.04 Å². The second kappa shape index (κ2) is 6.77. The molecule has 0 aromatic rings. The third-order valence-corrected chi connectivity index (χ3v) is 3.90. The fourth-order valence-corrected chi connectivity index (χ4v) is 2.97. The summed E-state index contributed by atoms with van der Waals surface area (Å²) in [6, 6.07) is -1.72. The smallest absolute Gasteiger partial charge is 0.418 e. The quantitative estimate of drug-likeness (QED) is 0.290. The van der Waals surface area contributed by atoms with E-state index in [-0.39, 0.29) is 12.4 Å². The van der Waals surface area contributed by atoms with Crippen LogP contribution in [0.5, 0.6) is 0 Å². The van der Waals surface area contributed by atoms with Gasteiger partial charge in [0.15, 0.2) is 0 Å². The van der Waals surface area contributed by atoms with Crippen molar-refractivity contribution in [3.63, 3.8) is 0 Å².